The molecular weight excluding hydrogens is 326 g/mol. The van der Waals surface area contributed by atoms with Crippen LogP contribution in [0.2, 0.25) is 5.02 Å². The maximum atomic E-state index is 13.5. The number of nitrogens with zero attached hydrogens (tertiary/aromatic N) is 1. The van der Waals surface area contributed by atoms with Crippen LogP contribution in [0.15, 0.2) is 36.4 Å². The van der Waals surface area contributed by atoms with Crippen molar-refractivity contribution in [2.75, 3.05) is 5.32 Å². The molecule has 0 heterocycles. The highest BCUT2D eigenvalue weighted by Crippen LogP contribution is 2.26. The molecule has 0 spiro atoms. The zero-order chi connectivity index (χ0) is 17.0. The van der Waals surface area contributed by atoms with Crippen molar-refractivity contribution in [3.63, 3.8) is 0 Å². The lowest BCUT2D eigenvalue weighted by atomic mass is 10.2. The smallest absolute Gasteiger partial charge is 0.265 e. The summed E-state index contributed by atoms with van der Waals surface area (Å²) in [5, 5.41) is 11.2. The van der Waals surface area contributed by atoms with Gasteiger partial charge in [-0.3, -0.25) is 4.79 Å². The van der Waals surface area contributed by atoms with Crippen molar-refractivity contribution < 1.29 is 18.3 Å². The number of ether oxygens (including phenoxy) is 1. The Hall–Kier alpha value is -2.65. The van der Waals surface area contributed by atoms with E-state index in [9.17, 15) is 13.6 Å². The van der Waals surface area contributed by atoms with Gasteiger partial charge in [-0.2, -0.15) is 5.26 Å². The van der Waals surface area contributed by atoms with Crippen LogP contribution in [0.3, 0.4) is 0 Å². The third-order valence-corrected chi connectivity index (χ3v) is 3.22. The number of carbonyl (C=O) groups excluding carboxylic acids is 1. The van der Waals surface area contributed by atoms with Crippen molar-refractivity contribution in [3.8, 4) is 11.8 Å². The van der Waals surface area contributed by atoms with Crippen LogP contribution in [0.25, 0.3) is 0 Å². The van der Waals surface area contributed by atoms with Crippen molar-refractivity contribution >= 4 is 23.2 Å². The summed E-state index contributed by atoms with van der Waals surface area (Å²) in [7, 11) is 0. The summed E-state index contributed by atoms with van der Waals surface area (Å²) < 4.78 is 31.7. The Labute approximate surface area is 136 Å². The number of hydrogen-bond donors (Lipinski definition) is 1. The largest absolute Gasteiger partial charge is 0.479 e. The van der Waals surface area contributed by atoms with E-state index in [0.29, 0.717) is 11.6 Å². The molecule has 0 aliphatic heterocycles. The van der Waals surface area contributed by atoms with E-state index in [0.717, 1.165) is 12.1 Å². The molecule has 2 rings (SSSR count). The normalized spacial score (nSPS) is 11.4. The number of carbonyl (C=O) groups is 1. The van der Waals surface area contributed by atoms with E-state index in [2.05, 4.69) is 5.32 Å². The molecule has 0 radical (unpaired) electrons. The van der Waals surface area contributed by atoms with Gasteiger partial charge in [-0.1, -0.05) is 11.6 Å². The maximum Gasteiger partial charge on any atom is 0.265 e. The summed E-state index contributed by atoms with van der Waals surface area (Å²) in [6.45, 7) is 1.45. The van der Waals surface area contributed by atoms with Crippen LogP contribution >= 0.6 is 11.6 Å². The minimum absolute atomic E-state index is 0.155. The van der Waals surface area contributed by atoms with Crippen molar-refractivity contribution in [3.05, 3.63) is 58.6 Å². The van der Waals surface area contributed by atoms with Crippen LogP contribution in [-0.2, 0) is 4.79 Å². The number of rotatable bonds is 4. The standard InChI is InChI=1S/C16H11ClF2N2O2/c1-9(23-15-5-2-10(8-20)6-12(15)17)16(22)21-14-4-3-11(18)7-13(14)19/h2-7,9H,1H3,(H,21,22)/t9-/m1/s1. The number of benzene rings is 2. The maximum absolute atomic E-state index is 13.5. The number of anilines is 1. The summed E-state index contributed by atoms with van der Waals surface area (Å²) in [5.74, 6) is -2.04. The molecule has 0 aliphatic carbocycles. The van der Waals surface area contributed by atoms with Gasteiger partial charge in [0.15, 0.2) is 6.10 Å². The van der Waals surface area contributed by atoms with Gasteiger partial charge in [0.25, 0.3) is 5.91 Å². The van der Waals surface area contributed by atoms with Gasteiger partial charge in [-0.15, -0.1) is 0 Å². The van der Waals surface area contributed by atoms with Gasteiger partial charge in [0.05, 0.1) is 22.3 Å². The lowest BCUT2D eigenvalue weighted by molar-refractivity contribution is -0.122. The number of halogens is 3. The predicted molar refractivity (Wildman–Crippen MR) is 81.2 cm³/mol. The molecule has 0 unspecified atom stereocenters. The molecule has 1 atom stereocenters. The summed E-state index contributed by atoms with van der Waals surface area (Å²) in [4.78, 5) is 12.0. The average molecular weight is 337 g/mol. The first-order valence-corrected chi connectivity index (χ1v) is 6.90. The molecule has 0 aromatic heterocycles. The Bertz CT molecular complexity index is 790. The lowest BCUT2D eigenvalue weighted by Gasteiger charge is -2.16. The second-order valence-electron chi connectivity index (χ2n) is 4.63. The molecule has 23 heavy (non-hydrogen) atoms. The van der Waals surface area contributed by atoms with E-state index in [-0.39, 0.29) is 16.5 Å². The quantitative estimate of drug-likeness (QED) is 0.921. The zero-order valence-electron chi connectivity index (χ0n) is 11.9. The number of nitriles is 1. The van der Waals surface area contributed by atoms with Crippen LogP contribution in [0.4, 0.5) is 14.5 Å². The molecule has 1 N–H and O–H groups in total. The van der Waals surface area contributed by atoms with Crippen molar-refractivity contribution in [2.24, 2.45) is 0 Å². The fourth-order valence-corrected chi connectivity index (χ4v) is 1.96. The van der Waals surface area contributed by atoms with Crippen molar-refractivity contribution in [1.29, 1.82) is 5.26 Å². The summed E-state index contributed by atoms with van der Waals surface area (Å²) in [5.41, 5.74) is 0.200. The Morgan fingerprint density at radius 1 is 1.30 bits per heavy atom. The first-order chi connectivity index (χ1) is 10.9. The monoisotopic (exact) mass is 336 g/mol. The Morgan fingerprint density at radius 2 is 2.04 bits per heavy atom. The van der Waals surface area contributed by atoms with E-state index in [1.807, 2.05) is 6.07 Å². The van der Waals surface area contributed by atoms with Gasteiger partial charge >= 0.3 is 0 Å². The molecule has 7 heteroatoms. The van der Waals surface area contributed by atoms with E-state index in [1.165, 1.54) is 25.1 Å². The van der Waals surface area contributed by atoms with E-state index >= 15 is 0 Å². The predicted octanol–water partition coefficient (Wildman–Crippen LogP) is 3.90. The zero-order valence-corrected chi connectivity index (χ0v) is 12.7. The number of nitrogens with one attached hydrogen (secondary N) is 1. The van der Waals surface area contributed by atoms with E-state index in [4.69, 9.17) is 21.6 Å². The van der Waals surface area contributed by atoms with Crippen LogP contribution in [-0.4, -0.2) is 12.0 Å². The molecule has 1 amide bonds. The highest BCUT2D eigenvalue weighted by molar-refractivity contribution is 6.32. The van der Waals surface area contributed by atoms with Crippen LogP contribution in [0.5, 0.6) is 5.75 Å². The van der Waals surface area contributed by atoms with E-state index in [1.54, 1.807) is 0 Å². The molecule has 4 nitrogen and oxygen atoms in total. The van der Waals surface area contributed by atoms with Gasteiger partial charge in [0.2, 0.25) is 0 Å². The average Bonchev–Trinajstić information content (AvgIpc) is 2.51. The van der Waals surface area contributed by atoms with Gasteiger partial charge in [0, 0.05) is 6.07 Å². The van der Waals surface area contributed by atoms with Crippen molar-refractivity contribution in [1.82, 2.24) is 0 Å². The van der Waals surface area contributed by atoms with Crippen LogP contribution < -0.4 is 10.1 Å². The first-order valence-electron chi connectivity index (χ1n) is 6.53. The number of amides is 1. The molecular formula is C16H11ClF2N2O2. The number of hydrogen-bond acceptors (Lipinski definition) is 3. The third kappa shape index (κ3) is 4.18. The van der Waals surface area contributed by atoms with E-state index < -0.39 is 23.6 Å². The SMILES string of the molecule is C[C@@H](Oc1ccc(C#N)cc1Cl)C(=O)Nc1ccc(F)cc1F. The fraction of sp³-hybridized carbons (Fsp3) is 0.125. The van der Waals surface area contributed by atoms with Crippen LogP contribution in [0, 0.1) is 23.0 Å². The van der Waals surface area contributed by atoms with Gasteiger partial charge in [0.1, 0.15) is 17.4 Å². The highest BCUT2D eigenvalue weighted by Gasteiger charge is 2.18. The molecule has 118 valence electrons. The Balaban J connectivity index is 2.07. The Kier molecular flexibility index (Phi) is 5.14. The second kappa shape index (κ2) is 7.07. The van der Waals surface area contributed by atoms with Gasteiger partial charge in [-0.05, 0) is 37.3 Å². The molecule has 0 fully saturated rings. The van der Waals surface area contributed by atoms with Crippen LogP contribution in [0.1, 0.15) is 12.5 Å². The lowest BCUT2D eigenvalue weighted by Crippen LogP contribution is -2.30. The molecule has 2 aromatic carbocycles. The minimum Gasteiger partial charge on any atom is -0.479 e. The third-order valence-electron chi connectivity index (χ3n) is 2.92. The molecule has 0 aliphatic rings. The van der Waals surface area contributed by atoms with Gasteiger partial charge in [-0.25, -0.2) is 8.78 Å². The minimum atomic E-state index is -0.982. The summed E-state index contributed by atoms with van der Waals surface area (Å²) in [6, 6.07) is 9.09. The highest BCUT2D eigenvalue weighted by atomic mass is 35.5. The summed E-state index contributed by atoms with van der Waals surface area (Å²) in [6.07, 6.45) is -0.982. The fourth-order valence-electron chi connectivity index (χ4n) is 1.74. The van der Waals surface area contributed by atoms with Gasteiger partial charge < -0.3 is 10.1 Å². The van der Waals surface area contributed by atoms with Crippen molar-refractivity contribution in [2.45, 2.75) is 13.0 Å². The molecule has 2 aromatic rings. The molecule has 0 saturated carbocycles. The molecule has 0 bridgehead atoms. The first kappa shape index (κ1) is 16.7. The Morgan fingerprint density at radius 3 is 2.65 bits per heavy atom. The topological polar surface area (TPSA) is 62.1 Å². The molecule has 0 saturated heterocycles. The second-order valence-corrected chi connectivity index (χ2v) is 5.04. The summed E-state index contributed by atoms with van der Waals surface area (Å²) >= 11 is 5.95.